The van der Waals surface area contributed by atoms with Crippen molar-refractivity contribution in [2.24, 2.45) is 0 Å². The Morgan fingerprint density at radius 1 is 1.40 bits per heavy atom. The average Bonchev–Trinajstić information content (AvgIpc) is 2.81. The fourth-order valence-electron chi connectivity index (χ4n) is 1.94. The van der Waals surface area contributed by atoms with Crippen molar-refractivity contribution in [2.45, 2.75) is 19.9 Å². The second-order valence-electron chi connectivity index (χ2n) is 4.72. The monoisotopic (exact) mass is 286 g/mol. The molecule has 0 fully saturated rings. The highest BCUT2D eigenvalue weighted by molar-refractivity contribution is 6.31. The molecule has 0 aliphatic rings. The summed E-state index contributed by atoms with van der Waals surface area (Å²) in [7, 11) is 0. The van der Waals surface area contributed by atoms with E-state index in [9.17, 15) is 4.79 Å². The maximum Gasteiger partial charge on any atom is 0.272 e. The molecule has 1 amide bonds. The summed E-state index contributed by atoms with van der Waals surface area (Å²) in [6.45, 7) is 3.98. The van der Waals surface area contributed by atoms with Gasteiger partial charge in [-0.25, -0.2) is 0 Å². The molecule has 2 aromatic rings. The number of halogens is 1. The highest BCUT2D eigenvalue weighted by atomic mass is 35.5. The summed E-state index contributed by atoms with van der Waals surface area (Å²) in [5, 5.41) is 3.37. The van der Waals surface area contributed by atoms with Gasteiger partial charge in [0.15, 0.2) is 0 Å². The van der Waals surface area contributed by atoms with E-state index in [1.165, 1.54) is 0 Å². The van der Waals surface area contributed by atoms with Gasteiger partial charge in [-0.05, 0) is 38.1 Å². The number of carbonyl (C=O) groups excluding carboxylic acids is 1. The van der Waals surface area contributed by atoms with Crippen molar-refractivity contribution in [1.29, 1.82) is 0 Å². The smallest absolute Gasteiger partial charge is 0.272 e. The van der Waals surface area contributed by atoms with Crippen molar-refractivity contribution in [3.05, 3.63) is 52.8 Å². The summed E-state index contributed by atoms with van der Waals surface area (Å²) >= 11 is 5.98. The molecule has 20 heavy (non-hydrogen) atoms. The van der Waals surface area contributed by atoms with Gasteiger partial charge in [-0.1, -0.05) is 23.6 Å². The molecule has 0 bridgehead atoms. The van der Waals surface area contributed by atoms with Crippen LogP contribution in [0.25, 0.3) is 0 Å². The Morgan fingerprint density at radius 2 is 2.15 bits per heavy atom. The van der Waals surface area contributed by atoms with Gasteiger partial charge in [-0.15, -0.1) is 6.42 Å². The van der Waals surface area contributed by atoms with Gasteiger partial charge in [0.1, 0.15) is 5.69 Å². The first-order valence-electron chi connectivity index (χ1n) is 6.26. The summed E-state index contributed by atoms with van der Waals surface area (Å²) in [4.78, 5) is 12.3. The van der Waals surface area contributed by atoms with Crippen LogP contribution in [0, 0.1) is 12.3 Å². The maximum atomic E-state index is 12.3. The first-order chi connectivity index (χ1) is 9.51. The van der Waals surface area contributed by atoms with Crippen molar-refractivity contribution in [3.8, 4) is 12.3 Å². The fourth-order valence-corrected chi connectivity index (χ4v) is 2.15. The minimum Gasteiger partial charge on any atom is -0.339 e. The summed E-state index contributed by atoms with van der Waals surface area (Å²) in [5.41, 5.74) is 1.91. The van der Waals surface area contributed by atoms with Gasteiger partial charge in [0.25, 0.3) is 5.91 Å². The van der Waals surface area contributed by atoms with E-state index < -0.39 is 0 Å². The Morgan fingerprint density at radius 3 is 2.80 bits per heavy atom. The zero-order valence-corrected chi connectivity index (χ0v) is 12.1. The Balaban J connectivity index is 2.26. The van der Waals surface area contributed by atoms with E-state index in [2.05, 4.69) is 11.2 Å². The van der Waals surface area contributed by atoms with E-state index >= 15 is 0 Å². The molecule has 0 aliphatic heterocycles. The van der Waals surface area contributed by atoms with Crippen LogP contribution in [-0.2, 0) is 0 Å². The highest BCUT2D eigenvalue weighted by Gasteiger charge is 2.15. The van der Waals surface area contributed by atoms with Gasteiger partial charge in [0.2, 0.25) is 0 Å². The van der Waals surface area contributed by atoms with E-state index in [1.54, 1.807) is 30.5 Å². The van der Waals surface area contributed by atoms with Crippen LogP contribution in [0.4, 0.5) is 5.69 Å². The van der Waals surface area contributed by atoms with Crippen molar-refractivity contribution >= 4 is 23.2 Å². The predicted octanol–water partition coefficient (Wildman–Crippen LogP) is 3.96. The minimum atomic E-state index is -0.209. The maximum absolute atomic E-state index is 12.3. The molecule has 0 aliphatic carbocycles. The lowest BCUT2D eigenvalue weighted by molar-refractivity contribution is 0.101. The molecule has 1 aromatic heterocycles. The Kier molecular flexibility index (Phi) is 4.16. The minimum absolute atomic E-state index is 0.153. The number of hydrogen-bond donors (Lipinski definition) is 1. The molecule has 1 aromatic carbocycles. The molecule has 1 heterocycles. The van der Waals surface area contributed by atoms with E-state index in [-0.39, 0.29) is 11.9 Å². The lowest BCUT2D eigenvalue weighted by Crippen LogP contribution is -2.17. The Labute approximate surface area is 123 Å². The quantitative estimate of drug-likeness (QED) is 0.852. The van der Waals surface area contributed by atoms with Crippen molar-refractivity contribution in [3.63, 3.8) is 0 Å². The number of nitrogens with zero attached hydrogens (tertiary/aromatic N) is 1. The van der Waals surface area contributed by atoms with Gasteiger partial charge in [-0.3, -0.25) is 4.79 Å². The SMILES string of the molecule is C#Cc1cccc(NC(=O)c2cc(Cl)cn2C(C)C)c1. The fraction of sp³-hybridized carbons (Fsp3) is 0.188. The third-order valence-corrected chi connectivity index (χ3v) is 3.10. The normalized spacial score (nSPS) is 10.3. The van der Waals surface area contributed by atoms with Gasteiger partial charge in [-0.2, -0.15) is 0 Å². The lowest BCUT2D eigenvalue weighted by Gasteiger charge is -2.12. The zero-order chi connectivity index (χ0) is 14.7. The predicted molar refractivity (Wildman–Crippen MR) is 82.2 cm³/mol. The third kappa shape index (κ3) is 3.04. The number of amides is 1. The molecule has 0 saturated carbocycles. The molecular weight excluding hydrogens is 272 g/mol. The number of nitrogens with one attached hydrogen (secondary N) is 1. The molecular formula is C16H15ClN2O. The Bertz CT molecular complexity index is 680. The molecule has 0 unspecified atom stereocenters. The average molecular weight is 287 g/mol. The molecule has 4 heteroatoms. The van der Waals surface area contributed by atoms with Crippen molar-refractivity contribution in [2.75, 3.05) is 5.32 Å². The molecule has 1 N–H and O–H groups in total. The molecule has 3 nitrogen and oxygen atoms in total. The largest absolute Gasteiger partial charge is 0.339 e. The second kappa shape index (κ2) is 5.85. The molecule has 0 spiro atoms. The number of carbonyl (C=O) groups is 1. The van der Waals surface area contributed by atoms with Crippen LogP contribution < -0.4 is 5.32 Å². The lowest BCUT2D eigenvalue weighted by atomic mass is 10.2. The van der Waals surface area contributed by atoms with Crippen LogP contribution in [0.3, 0.4) is 0 Å². The first-order valence-corrected chi connectivity index (χ1v) is 6.64. The summed E-state index contributed by atoms with van der Waals surface area (Å²) in [6, 6.07) is 8.97. The molecule has 0 atom stereocenters. The number of benzene rings is 1. The Hall–Kier alpha value is -2.18. The summed E-state index contributed by atoms with van der Waals surface area (Å²) in [6.07, 6.45) is 7.09. The van der Waals surface area contributed by atoms with E-state index in [1.807, 2.05) is 24.5 Å². The number of terminal acetylenes is 1. The highest BCUT2D eigenvalue weighted by Crippen LogP contribution is 2.20. The number of anilines is 1. The number of rotatable bonds is 3. The van der Waals surface area contributed by atoms with E-state index in [0.29, 0.717) is 16.4 Å². The van der Waals surface area contributed by atoms with E-state index in [4.69, 9.17) is 18.0 Å². The van der Waals surface area contributed by atoms with E-state index in [0.717, 1.165) is 5.56 Å². The van der Waals surface area contributed by atoms with Crippen LogP contribution in [0.1, 0.15) is 35.9 Å². The molecule has 0 saturated heterocycles. The van der Waals surface area contributed by atoms with Gasteiger partial charge in [0, 0.05) is 23.5 Å². The number of aromatic nitrogens is 1. The van der Waals surface area contributed by atoms with Gasteiger partial charge < -0.3 is 9.88 Å². The van der Waals surface area contributed by atoms with Crippen molar-refractivity contribution in [1.82, 2.24) is 4.57 Å². The molecule has 0 radical (unpaired) electrons. The van der Waals surface area contributed by atoms with Gasteiger partial charge in [0.05, 0.1) is 5.02 Å². The van der Waals surface area contributed by atoms with Crippen LogP contribution in [0.2, 0.25) is 5.02 Å². The number of hydrogen-bond acceptors (Lipinski definition) is 1. The van der Waals surface area contributed by atoms with Crippen LogP contribution in [0.15, 0.2) is 36.5 Å². The summed E-state index contributed by atoms with van der Waals surface area (Å²) in [5.74, 6) is 2.33. The molecule has 2 rings (SSSR count). The van der Waals surface area contributed by atoms with Crippen LogP contribution >= 0.6 is 11.6 Å². The topological polar surface area (TPSA) is 34.0 Å². The third-order valence-electron chi connectivity index (χ3n) is 2.89. The summed E-state index contributed by atoms with van der Waals surface area (Å²) < 4.78 is 1.84. The van der Waals surface area contributed by atoms with Gasteiger partial charge >= 0.3 is 0 Å². The van der Waals surface area contributed by atoms with Crippen LogP contribution in [0.5, 0.6) is 0 Å². The van der Waals surface area contributed by atoms with Crippen LogP contribution in [-0.4, -0.2) is 10.5 Å². The van der Waals surface area contributed by atoms with Crippen molar-refractivity contribution < 1.29 is 4.79 Å². The molecule has 102 valence electrons. The zero-order valence-electron chi connectivity index (χ0n) is 11.4. The second-order valence-corrected chi connectivity index (χ2v) is 5.16. The standard InChI is InChI=1S/C16H15ClN2O/c1-4-12-6-5-7-14(8-12)18-16(20)15-9-13(17)10-19(15)11(2)3/h1,5-11H,2-3H3,(H,18,20). The first kappa shape index (κ1) is 14.2.